The standard InChI is InChI=1S/C17H17FN4O2/c1-2-3-15-20-17(24-21-15)16-13-9-23-14(8-22(13)10-19-16)11-4-6-12(18)7-5-11/h4-7,10,14H,2-3,8-9H2,1H3/t14-/m0/s1. The lowest BCUT2D eigenvalue weighted by Gasteiger charge is -2.25. The Balaban J connectivity index is 1.57. The highest BCUT2D eigenvalue weighted by Crippen LogP contribution is 2.31. The molecule has 0 N–H and O–H groups in total. The van der Waals surface area contributed by atoms with Gasteiger partial charge < -0.3 is 13.8 Å². The van der Waals surface area contributed by atoms with E-state index in [9.17, 15) is 4.39 Å². The van der Waals surface area contributed by atoms with Crippen LogP contribution < -0.4 is 0 Å². The lowest BCUT2D eigenvalue weighted by atomic mass is 10.1. The van der Waals surface area contributed by atoms with E-state index >= 15 is 0 Å². The molecule has 4 rings (SSSR count). The summed E-state index contributed by atoms with van der Waals surface area (Å²) in [6.07, 6.45) is 3.37. The molecule has 0 fully saturated rings. The summed E-state index contributed by atoms with van der Waals surface area (Å²) in [7, 11) is 0. The normalized spacial score (nSPS) is 17.0. The van der Waals surface area contributed by atoms with E-state index in [1.807, 2.05) is 4.57 Å². The van der Waals surface area contributed by atoms with Gasteiger partial charge in [-0.05, 0) is 24.1 Å². The minimum atomic E-state index is -0.251. The van der Waals surface area contributed by atoms with E-state index in [-0.39, 0.29) is 11.9 Å². The predicted octanol–water partition coefficient (Wildman–Crippen LogP) is 3.30. The van der Waals surface area contributed by atoms with Crippen LogP contribution in [0.5, 0.6) is 0 Å². The van der Waals surface area contributed by atoms with Crippen LogP contribution in [0.2, 0.25) is 0 Å². The molecule has 0 unspecified atom stereocenters. The fraction of sp³-hybridized carbons (Fsp3) is 0.353. The first-order chi connectivity index (χ1) is 11.7. The maximum Gasteiger partial charge on any atom is 0.278 e. The van der Waals surface area contributed by atoms with Crippen LogP contribution in [-0.4, -0.2) is 19.7 Å². The molecule has 0 aliphatic carbocycles. The molecule has 1 aliphatic heterocycles. The third-order valence-electron chi connectivity index (χ3n) is 4.12. The lowest BCUT2D eigenvalue weighted by molar-refractivity contribution is 0.00327. The molecule has 3 heterocycles. The molecule has 3 aromatic rings. The number of hydrogen-bond acceptors (Lipinski definition) is 5. The Hall–Kier alpha value is -2.54. The Morgan fingerprint density at radius 2 is 2.12 bits per heavy atom. The van der Waals surface area contributed by atoms with Gasteiger partial charge in [-0.15, -0.1) is 0 Å². The topological polar surface area (TPSA) is 66.0 Å². The van der Waals surface area contributed by atoms with Gasteiger partial charge in [0.15, 0.2) is 11.5 Å². The maximum atomic E-state index is 13.1. The number of ether oxygens (including phenoxy) is 1. The van der Waals surface area contributed by atoms with Crippen LogP contribution in [-0.2, 0) is 24.3 Å². The van der Waals surface area contributed by atoms with Crippen LogP contribution in [0.4, 0.5) is 4.39 Å². The Morgan fingerprint density at radius 1 is 1.29 bits per heavy atom. The molecule has 24 heavy (non-hydrogen) atoms. The first-order valence-electron chi connectivity index (χ1n) is 7.98. The van der Waals surface area contributed by atoms with Crippen molar-refractivity contribution in [1.82, 2.24) is 19.7 Å². The number of halogens is 1. The zero-order valence-electron chi connectivity index (χ0n) is 13.3. The van der Waals surface area contributed by atoms with Gasteiger partial charge >= 0.3 is 0 Å². The highest BCUT2D eigenvalue weighted by atomic mass is 19.1. The van der Waals surface area contributed by atoms with E-state index in [0.29, 0.717) is 30.6 Å². The van der Waals surface area contributed by atoms with Crippen molar-refractivity contribution in [3.8, 4) is 11.6 Å². The Labute approximate surface area is 138 Å². The van der Waals surface area contributed by atoms with Crippen LogP contribution in [0, 0.1) is 5.82 Å². The van der Waals surface area contributed by atoms with Crippen molar-refractivity contribution in [3.05, 3.63) is 53.5 Å². The SMILES string of the molecule is CCCc1noc(-c2ncn3c2CO[C@H](c2ccc(F)cc2)C3)n1. The summed E-state index contributed by atoms with van der Waals surface area (Å²) >= 11 is 0. The summed E-state index contributed by atoms with van der Waals surface area (Å²) in [6.45, 7) is 3.07. The van der Waals surface area contributed by atoms with Crippen molar-refractivity contribution in [2.75, 3.05) is 0 Å². The number of fused-ring (bicyclic) bond motifs is 1. The third kappa shape index (κ3) is 2.71. The van der Waals surface area contributed by atoms with E-state index in [0.717, 1.165) is 24.1 Å². The molecule has 6 nitrogen and oxygen atoms in total. The molecule has 124 valence electrons. The number of imidazole rings is 1. The molecule has 1 aromatic carbocycles. The largest absolute Gasteiger partial charge is 0.365 e. The molecular weight excluding hydrogens is 311 g/mol. The van der Waals surface area contributed by atoms with E-state index in [1.165, 1.54) is 12.1 Å². The molecule has 2 aromatic heterocycles. The third-order valence-corrected chi connectivity index (χ3v) is 4.12. The van der Waals surface area contributed by atoms with Crippen LogP contribution in [0.1, 0.15) is 36.5 Å². The van der Waals surface area contributed by atoms with E-state index in [2.05, 4.69) is 22.0 Å². The zero-order valence-corrected chi connectivity index (χ0v) is 13.3. The van der Waals surface area contributed by atoms with Crippen LogP contribution >= 0.6 is 0 Å². The second-order valence-corrected chi connectivity index (χ2v) is 5.81. The second-order valence-electron chi connectivity index (χ2n) is 5.81. The van der Waals surface area contributed by atoms with Gasteiger partial charge in [0.1, 0.15) is 11.9 Å². The molecule has 0 bridgehead atoms. The molecule has 0 saturated heterocycles. The molecule has 0 spiro atoms. The Morgan fingerprint density at radius 3 is 2.92 bits per heavy atom. The van der Waals surface area contributed by atoms with Crippen LogP contribution in [0.25, 0.3) is 11.6 Å². The maximum absolute atomic E-state index is 13.1. The van der Waals surface area contributed by atoms with Gasteiger partial charge in [-0.25, -0.2) is 9.37 Å². The summed E-state index contributed by atoms with van der Waals surface area (Å²) in [4.78, 5) is 8.80. The highest BCUT2D eigenvalue weighted by Gasteiger charge is 2.26. The highest BCUT2D eigenvalue weighted by molar-refractivity contribution is 5.51. The minimum Gasteiger partial charge on any atom is -0.365 e. The van der Waals surface area contributed by atoms with Crippen molar-refractivity contribution in [1.29, 1.82) is 0 Å². The number of aromatic nitrogens is 4. The summed E-state index contributed by atoms with van der Waals surface area (Å²) in [5.41, 5.74) is 2.53. The number of rotatable bonds is 4. The molecular formula is C17H17FN4O2. The summed E-state index contributed by atoms with van der Waals surface area (Å²) < 4.78 is 26.3. The summed E-state index contributed by atoms with van der Waals surface area (Å²) in [5.74, 6) is 0.866. The minimum absolute atomic E-state index is 0.126. The molecule has 1 atom stereocenters. The second kappa shape index (κ2) is 6.16. The van der Waals surface area contributed by atoms with E-state index in [1.54, 1.807) is 18.5 Å². The number of nitrogens with zero attached hydrogens (tertiary/aromatic N) is 4. The van der Waals surface area contributed by atoms with Crippen LogP contribution in [0.15, 0.2) is 35.1 Å². The van der Waals surface area contributed by atoms with Gasteiger partial charge in [0.2, 0.25) is 0 Å². The molecule has 7 heteroatoms. The quantitative estimate of drug-likeness (QED) is 0.735. The van der Waals surface area contributed by atoms with Crippen LogP contribution in [0.3, 0.4) is 0 Å². The number of hydrogen-bond donors (Lipinski definition) is 0. The van der Waals surface area contributed by atoms with Gasteiger partial charge in [0.25, 0.3) is 5.89 Å². The number of aryl methyl sites for hydroxylation is 1. The van der Waals surface area contributed by atoms with Crippen molar-refractivity contribution in [2.24, 2.45) is 0 Å². The average molecular weight is 328 g/mol. The van der Waals surface area contributed by atoms with Gasteiger partial charge in [0.05, 0.1) is 25.2 Å². The molecule has 1 aliphatic rings. The van der Waals surface area contributed by atoms with Crippen molar-refractivity contribution in [2.45, 2.75) is 39.0 Å². The van der Waals surface area contributed by atoms with Crippen molar-refractivity contribution >= 4 is 0 Å². The first kappa shape index (κ1) is 15.0. The zero-order chi connectivity index (χ0) is 16.5. The number of benzene rings is 1. The first-order valence-corrected chi connectivity index (χ1v) is 7.98. The Kier molecular flexibility index (Phi) is 3.86. The summed E-state index contributed by atoms with van der Waals surface area (Å²) in [6, 6.07) is 6.39. The fourth-order valence-electron chi connectivity index (χ4n) is 2.86. The lowest BCUT2D eigenvalue weighted by Crippen LogP contribution is -2.20. The predicted molar refractivity (Wildman–Crippen MR) is 83.4 cm³/mol. The Bertz CT molecular complexity index is 841. The van der Waals surface area contributed by atoms with Gasteiger partial charge in [-0.3, -0.25) is 0 Å². The molecule has 0 radical (unpaired) electrons. The van der Waals surface area contributed by atoms with Crippen molar-refractivity contribution in [3.63, 3.8) is 0 Å². The van der Waals surface area contributed by atoms with Gasteiger partial charge in [0, 0.05) is 6.42 Å². The molecule has 0 saturated carbocycles. The van der Waals surface area contributed by atoms with Gasteiger partial charge in [-0.2, -0.15) is 4.98 Å². The van der Waals surface area contributed by atoms with Crippen molar-refractivity contribution < 1.29 is 13.7 Å². The average Bonchev–Trinajstić information content (AvgIpc) is 3.21. The fourth-order valence-corrected chi connectivity index (χ4v) is 2.86. The monoisotopic (exact) mass is 328 g/mol. The molecule has 0 amide bonds. The summed E-state index contributed by atoms with van der Waals surface area (Å²) in [5, 5.41) is 3.97. The van der Waals surface area contributed by atoms with E-state index in [4.69, 9.17) is 9.26 Å². The van der Waals surface area contributed by atoms with E-state index < -0.39 is 0 Å². The van der Waals surface area contributed by atoms with Gasteiger partial charge in [-0.1, -0.05) is 24.2 Å². The smallest absolute Gasteiger partial charge is 0.278 e.